The number of anilines is 1. The molecule has 0 spiro atoms. The summed E-state index contributed by atoms with van der Waals surface area (Å²) in [6.07, 6.45) is 0.198. The van der Waals surface area contributed by atoms with E-state index < -0.39 is 17.5 Å². The van der Waals surface area contributed by atoms with E-state index >= 15 is 0 Å². The molecule has 3 aromatic rings. The van der Waals surface area contributed by atoms with Crippen molar-refractivity contribution in [3.05, 3.63) is 65.4 Å². The molecule has 226 valence electrons. The molecule has 3 amide bonds. The summed E-state index contributed by atoms with van der Waals surface area (Å²) in [4.78, 5) is 41.7. The van der Waals surface area contributed by atoms with Gasteiger partial charge in [0, 0.05) is 31.0 Å². The summed E-state index contributed by atoms with van der Waals surface area (Å²) in [5, 5.41) is 9.41. The third-order valence-electron chi connectivity index (χ3n) is 6.36. The largest absolute Gasteiger partial charge is 0.497 e. The lowest BCUT2D eigenvalue weighted by Crippen LogP contribution is -2.49. The first-order valence-corrected chi connectivity index (χ1v) is 13.6. The lowest BCUT2D eigenvalue weighted by molar-refractivity contribution is -0.142. The van der Waals surface area contributed by atoms with Crippen LogP contribution in [0.1, 0.15) is 56.5 Å². The topological polar surface area (TPSA) is 132 Å². The highest BCUT2D eigenvalue weighted by Crippen LogP contribution is 2.29. The minimum Gasteiger partial charge on any atom is -0.497 e. The Hall–Kier alpha value is -4.54. The van der Waals surface area contributed by atoms with Crippen LogP contribution in [0.2, 0.25) is 0 Å². The van der Waals surface area contributed by atoms with Crippen LogP contribution in [-0.2, 0) is 20.8 Å². The Balaban J connectivity index is 1.92. The van der Waals surface area contributed by atoms with Gasteiger partial charge in [0.1, 0.15) is 17.6 Å². The van der Waals surface area contributed by atoms with Crippen molar-refractivity contribution in [1.29, 1.82) is 0 Å². The van der Waals surface area contributed by atoms with Gasteiger partial charge < -0.3 is 34.3 Å². The van der Waals surface area contributed by atoms with Gasteiger partial charge in [-0.15, -0.1) is 0 Å². The Morgan fingerprint density at radius 3 is 2.19 bits per heavy atom. The molecule has 0 aliphatic carbocycles. The van der Waals surface area contributed by atoms with Gasteiger partial charge in [-0.1, -0.05) is 23.4 Å². The Kier molecular flexibility index (Phi) is 11.0. The van der Waals surface area contributed by atoms with Crippen LogP contribution in [0.5, 0.6) is 17.2 Å². The van der Waals surface area contributed by atoms with Gasteiger partial charge in [0.15, 0.2) is 17.3 Å². The zero-order valence-electron chi connectivity index (χ0n) is 25.3. The number of ether oxygens (including phenoxy) is 3. The lowest BCUT2D eigenvalue weighted by Gasteiger charge is -2.34. The summed E-state index contributed by atoms with van der Waals surface area (Å²) >= 11 is 0. The Bertz CT molecular complexity index is 1360. The normalized spacial score (nSPS) is 11.8. The van der Waals surface area contributed by atoms with E-state index in [0.717, 1.165) is 5.56 Å². The van der Waals surface area contributed by atoms with E-state index in [1.165, 1.54) is 4.90 Å². The number of aromatic nitrogens is 1. The SMILES string of the molecule is COc1ccc([C@@H](C(=O)NC(C)(C)C)N(CCc2ccc(OC)c(OC)c2)C(=O)CCC(=O)Nc2cc(C)on2)cc1. The van der Waals surface area contributed by atoms with Crippen LogP contribution in [0, 0.1) is 6.92 Å². The van der Waals surface area contributed by atoms with E-state index in [4.69, 9.17) is 18.7 Å². The van der Waals surface area contributed by atoms with E-state index in [1.807, 2.05) is 32.9 Å². The molecule has 11 nitrogen and oxygen atoms in total. The number of carbonyl (C=O) groups is 3. The number of hydrogen-bond donors (Lipinski definition) is 2. The average Bonchev–Trinajstić information content (AvgIpc) is 3.36. The highest BCUT2D eigenvalue weighted by Gasteiger charge is 2.33. The standard InChI is InChI=1S/C31H40N4O7/c1-20-18-26(34-42-20)32-27(36)14-15-28(37)35(17-16-21-8-13-24(40-6)25(19-21)41-7)29(30(38)33-31(2,3)4)22-9-11-23(39-5)12-10-22/h8-13,18-19,29H,14-17H2,1-7H3,(H,33,38)(H,32,34,36)/t29-/m0/s1. The van der Waals surface area contributed by atoms with Crippen molar-refractivity contribution in [3.63, 3.8) is 0 Å². The quantitative estimate of drug-likeness (QED) is 0.303. The molecule has 2 aromatic carbocycles. The third kappa shape index (κ3) is 8.98. The molecule has 11 heteroatoms. The fourth-order valence-electron chi connectivity index (χ4n) is 4.38. The van der Waals surface area contributed by atoms with Crippen LogP contribution in [0.4, 0.5) is 5.82 Å². The summed E-state index contributed by atoms with van der Waals surface area (Å²) in [5.41, 5.74) is 0.949. The first-order chi connectivity index (χ1) is 19.9. The second kappa shape index (κ2) is 14.4. The Morgan fingerprint density at radius 1 is 0.929 bits per heavy atom. The van der Waals surface area contributed by atoms with E-state index in [0.29, 0.717) is 35.0 Å². The van der Waals surface area contributed by atoms with E-state index in [1.54, 1.807) is 64.7 Å². The van der Waals surface area contributed by atoms with Gasteiger partial charge in [-0.25, -0.2) is 0 Å². The maximum Gasteiger partial charge on any atom is 0.247 e. The fraction of sp³-hybridized carbons (Fsp3) is 0.419. The van der Waals surface area contributed by atoms with Crippen LogP contribution in [-0.4, -0.2) is 61.2 Å². The number of nitrogens with one attached hydrogen (secondary N) is 2. The molecule has 1 atom stereocenters. The van der Waals surface area contributed by atoms with Crippen LogP contribution in [0.3, 0.4) is 0 Å². The maximum atomic E-state index is 13.8. The van der Waals surface area contributed by atoms with Crippen LogP contribution < -0.4 is 24.8 Å². The molecule has 1 heterocycles. The molecule has 0 fully saturated rings. The number of carbonyl (C=O) groups excluding carboxylic acids is 3. The molecule has 2 N–H and O–H groups in total. The number of methoxy groups -OCH3 is 3. The predicted octanol–water partition coefficient (Wildman–Crippen LogP) is 4.45. The van der Waals surface area contributed by atoms with Crippen molar-refractivity contribution in [2.75, 3.05) is 33.2 Å². The average molecular weight is 581 g/mol. The Morgan fingerprint density at radius 2 is 1.62 bits per heavy atom. The summed E-state index contributed by atoms with van der Waals surface area (Å²) in [6.45, 7) is 7.54. The van der Waals surface area contributed by atoms with E-state index in [9.17, 15) is 14.4 Å². The molecule has 0 bridgehead atoms. The lowest BCUT2D eigenvalue weighted by atomic mass is 10.00. The first kappa shape index (κ1) is 32.0. The molecule has 0 aliphatic heterocycles. The highest BCUT2D eigenvalue weighted by molar-refractivity contribution is 5.94. The van der Waals surface area contributed by atoms with Gasteiger partial charge in [-0.3, -0.25) is 14.4 Å². The molecule has 0 saturated heterocycles. The summed E-state index contributed by atoms with van der Waals surface area (Å²) < 4.78 is 21.1. The molecule has 3 rings (SSSR count). The van der Waals surface area contributed by atoms with Gasteiger partial charge in [0.05, 0.1) is 21.3 Å². The second-order valence-electron chi connectivity index (χ2n) is 10.8. The van der Waals surface area contributed by atoms with Gasteiger partial charge in [-0.2, -0.15) is 0 Å². The second-order valence-corrected chi connectivity index (χ2v) is 10.8. The number of amides is 3. The molecule has 0 saturated carbocycles. The molecular formula is C31H40N4O7. The molecule has 42 heavy (non-hydrogen) atoms. The molecule has 0 radical (unpaired) electrons. The predicted molar refractivity (Wildman–Crippen MR) is 158 cm³/mol. The monoisotopic (exact) mass is 580 g/mol. The van der Waals surface area contributed by atoms with Crippen molar-refractivity contribution in [1.82, 2.24) is 15.4 Å². The number of nitrogens with zero attached hydrogens (tertiary/aromatic N) is 2. The number of rotatable bonds is 13. The molecular weight excluding hydrogens is 540 g/mol. The van der Waals surface area contributed by atoms with Crippen molar-refractivity contribution in [3.8, 4) is 17.2 Å². The summed E-state index contributed by atoms with van der Waals surface area (Å²) in [5.74, 6) is 1.51. The zero-order valence-corrected chi connectivity index (χ0v) is 25.3. The summed E-state index contributed by atoms with van der Waals surface area (Å²) in [7, 11) is 4.67. The summed E-state index contributed by atoms with van der Waals surface area (Å²) in [6, 6.07) is 13.2. The van der Waals surface area contributed by atoms with Gasteiger partial charge >= 0.3 is 0 Å². The zero-order chi connectivity index (χ0) is 30.9. The first-order valence-electron chi connectivity index (χ1n) is 13.6. The van der Waals surface area contributed by atoms with Crippen molar-refractivity contribution in [2.24, 2.45) is 0 Å². The molecule has 0 unspecified atom stereocenters. The van der Waals surface area contributed by atoms with Crippen molar-refractivity contribution in [2.45, 2.75) is 58.5 Å². The van der Waals surface area contributed by atoms with Crippen LogP contribution in [0.15, 0.2) is 53.1 Å². The number of benzene rings is 2. The van der Waals surface area contributed by atoms with E-state index in [-0.39, 0.29) is 37.0 Å². The van der Waals surface area contributed by atoms with Gasteiger partial charge in [-0.05, 0) is 69.5 Å². The Labute approximate surface area is 246 Å². The van der Waals surface area contributed by atoms with Crippen molar-refractivity contribution < 1.29 is 33.1 Å². The van der Waals surface area contributed by atoms with E-state index in [2.05, 4.69) is 15.8 Å². The number of aryl methyl sites for hydroxylation is 1. The molecule has 1 aromatic heterocycles. The van der Waals surface area contributed by atoms with Crippen LogP contribution in [0.25, 0.3) is 0 Å². The highest BCUT2D eigenvalue weighted by atomic mass is 16.5. The fourth-order valence-corrected chi connectivity index (χ4v) is 4.38. The van der Waals surface area contributed by atoms with Crippen LogP contribution >= 0.6 is 0 Å². The van der Waals surface area contributed by atoms with Gasteiger partial charge in [0.2, 0.25) is 17.7 Å². The van der Waals surface area contributed by atoms with Gasteiger partial charge in [0.25, 0.3) is 0 Å². The maximum absolute atomic E-state index is 13.8. The number of hydrogen-bond acceptors (Lipinski definition) is 8. The molecule has 0 aliphatic rings. The third-order valence-corrected chi connectivity index (χ3v) is 6.36. The minimum atomic E-state index is -0.955. The smallest absolute Gasteiger partial charge is 0.247 e. The minimum absolute atomic E-state index is 0.103. The van der Waals surface area contributed by atoms with Crippen molar-refractivity contribution >= 4 is 23.5 Å².